The maximum Gasteiger partial charge on any atom is 0.407 e. The number of aromatic nitrogens is 3. The summed E-state index contributed by atoms with van der Waals surface area (Å²) in [7, 11) is 0. The second-order valence-electron chi connectivity index (χ2n) is 7.54. The van der Waals surface area contributed by atoms with Gasteiger partial charge in [-0.1, -0.05) is 51.6 Å². The summed E-state index contributed by atoms with van der Waals surface area (Å²) in [4.78, 5) is 18.6. The molecule has 0 bridgehead atoms. The zero-order chi connectivity index (χ0) is 22.2. The van der Waals surface area contributed by atoms with Crippen molar-refractivity contribution in [3.63, 3.8) is 0 Å². The van der Waals surface area contributed by atoms with Crippen LogP contribution in [-0.4, -0.2) is 34.0 Å². The first-order valence-corrected chi connectivity index (χ1v) is 12.4. The van der Waals surface area contributed by atoms with E-state index >= 15 is 0 Å². The van der Waals surface area contributed by atoms with Gasteiger partial charge in [-0.05, 0) is 30.9 Å². The molecule has 2 heterocycles. The number of carbonyl (C=O) groups is 1. The van der Waals surface area contributed by atoms with Crippen molar-refractivity contribution >= 4 is 29.2 Å². The molecule has 2 aromatic heterocycles. The molecule has 1 N–H and O–H groups in total. The number of carbonyl (C=O) groups excluding carboxylic acids is 1. The number of ether oxygens (including phenoxy) is 1. The summed E-state index contributed by atoms with van der Waals surface area (Å²) in [6, 6.07) is 8.53. The molecule has 0 aliphatic rings. The van der Waals surface area contributed by atoms with E-state index in [0.717, 1.165) is 29.1 Å². The summed E-state index contributed by atoms with van der Waals surface area (Å²) in [6.45, 7) is 9.84. The van der Waals surface area contributed by atoms with Gasteiger partial charge in [0.05, 0.1) is 29.4 Å². The van der Waals surface area contributed by atoms with Crippen molar-refractivity contribution in [1.82, 2.24) is 20.1 Å². The lowest BCUT2D eigenvalue weighted by molar-refractivity contribution is 0.132. The highest BCUT2D eigenvalue weighted by Crippen LogP contribution is 2.35. The molecule has 0 saturated heterocycles. The van der Waals surface area contributed by atoms with Gasteiger partial charge >= 0.3 is 6.09 Å². The Morgan fingerprint density at radius 1 is 1.23 bits per heavy atom. The van der Waals surface area contributed by atoms with Crippen LogP contribution in [0.1, 0.15) is 39.1 Å². The molecule has 0 atom stereocenters. The van der Waals surface area contributed by atoms with E-state index < -0.39 is 0 Å². The highest BCUT2D eigenvalue weighted by atomic mass is 32.2. The topological polar surface area (TPSA) is 69.0 Å². The molecule has 31 heavy (non-hydrogen) atoms. The largest absolute Gasteiger partial charge is 0.449 e. The molecule has 8 heteroatoms. The molecule has 0 spiro atoms. The van der Waals surface area contributed by atoms with Gasteiger partial charge in [0.25, 0.3) is 0 Å². The number of nitrogens with zero attached hydrogens (tertiary/aromatic N) is 3. The second kappa shape index (κ2) is 11.3. The fourth-order valence-electron chi connectivity index (χ4n) is 3.12. The van der Waals surface area contributed by atoms with Gasteiger partial charge in [0.15, 0.2) is 0 Å². The molecule has 0 radical (unpaired) electrons. The molecule has 6 nitrogen and oxygen atoms in total. The maximum atomic E-state index is 11.8. The molecule has 1 amide bonds. The summed E-state index contributed by atoms with van der Waals surface area (Å²) >= 11 is 3.40. The maximum absolute atomic E-state index is 11.8. The Labute approximate surface area is 192 Å². The number of rotatable bonds is 10. The molecular formula is C23H30N4O2S2. The Bertz CT molecular complexity index is 966. The van der Waals surface area contributed by atoms with Crippen molar-refractivity contribution in [2.75, 3.05) is 13.2 Å². The number of nitrogens with one attached hydrogen (secondary N) is 1. The Morgan fingerprint density at radius 3 is 2.61 bits per heavy atom. The van der Waals surface area contributed by atoms with Crippen LogP contribution in [0.15, 0.2) is 45.6 Å². The zero-order valence-corrected chi connectivity index (χ0v) is 20.2. The van der Waals surface area contributed by atoms with Crippen LogP contribution in [-0.2, 0) is 24.1 Å². The Balaban J connectivity index is 1.68. The highest BCUT2D eigenvalue weighted by Gasteiger charge is 2.17. The van der Waals surface area contributed by atoms with Crippen LogP contribution in [0.2, 0.25) is 0 Å². The zero-order valence-electron chi connectivity index (χ0n) is 18.6. The van der Waals surface area contributed by atoms with Crippen LogP contribution in [0.5, 0.6) is 0 Å². The third-order valence-electron chi connectivity index (χ3n) is 4.64. The molecule has 0 aliphatic heterocycles. The van der Waals surface area contributed by atoms with E-state index in [1.807, 2.05) is 30.1 Å². The lowest BCUT2D eigenvalue weighted by Gasteiger charge is -2.10. The van der Waals surface area contributed by atoms with Crippen LogP contribution >= 0.6 is 23.1 Å². The highest BCUT2D eigenvalue weighted by molar-refractivity contribution is 7.99. The Hall–Kier alpha value is -2.32. The number of thiazole rings is 1. The van der Waals surface area contributed by atoms with Crippen LogP contribution < -0.4 is 5.32 Å². The third kappa shape index (κ3) is 6.33. The molecular weight excluding hydrogens is 428 g/mol. The van der Waals surface area contributed by atoms with E-state index in [0.29, 0.717) is 25.6 Å². The average Bonchev–Trinajstić information content (AvgIpc) is 3.41. The van der Waals surface area contributed by atoms with Crippen LogP contribution in [0.3, 0.4) is 0 Å². The fourth-order valence-corrected chi connectivity index (χ4v) is 4.94. The number of hydrogen-bond donors (Lipinski definition) is 1. The smallest absolute Gasteiger partial charge is 0.407 e. The number of alkyl carbamates (subject to hydrolysis) is 1. The van der Waals surface area contributed by atoms with E-state index in [1.165, 1.54) is 15.5 Å². The third-order valence-corrected chi connectivity index (χ3v) is 6.65. The molecule has 0 unspecified atom stereocenters. The predicted octanol–water partition coefficient (Wildman–Crippen LogP) is 5.66. The van der Waals surface area contributed by atoms with E-state index in [-0.39, 0.29) is 6.09 Å². The summed E-state index contributed by atoms with van der Waals surface area (Å²) < 4.78 is 7.20. The van der Waals surface area contributed by atoms with Crippen molar-refractivity contribution in [3.05, 3.63) is 47.2 Å². The molecule has 0 aliphatic carbocycles. The molecule has 3 aromatic rings. The summed E-state index contributed by atoms with van der Waals surface area (Å²) in [5.74, 6) is 0.325. The van der Waals surface area contributed by atoms with Crippen LogP contribution in [0, 0.1) is 5.92 Å². The number of aryl methyl sites for hydroxylation is 1. The molecule has 1 aromatic carbocycles. The van der Waals surface area contributed by atoms with E-state index in [2.05, 4.69) is 48.4 Å². The lowest BCUT2D eigenvalue weighted by atomic mass is 10.2. The first-order chi connectivity index (χ1) is 15.0. The normalized spacial score (nSPS) is 11.1. The number of hydrogen-bond acceptors (Lipinski definition) is 6. The van der Waals surface area contributed by atoms with Gasteiger partial charge in [-0.25, -0.2) is 9.78 Å². The Morgan fingerprint density at radius 2 is 2.00 bits per heavy atom. The monoisotopic (exact) mass is 458 g/mol. The van der Waals surface area contributed by atoms with Gasteiger partial charge in [-0.15, -0.1) is 11.3 Å². The van der Waals surface area contributed by atoms with E-state index in [9.17, 15) is 4.79 Å². The lowest BCUT2D eigenvalue weighted by Crippen LogP contribution is -2.29. The minimum Gasteiger partial charge on any atom is -0.449 e. The fraction of sp³-hybridized carbons (Fsp3) is 0.435. The van der Waals surface area contributed by atoms with Gasteiger partial charge in [0, 0.05) is 28.6 Å². The summed E-state index contributed by atoms with van der Waals surface area (Å²) in [5.41, 5.74) is 3.42. The number of benzene rings is 1. The standard InChI is InChI=1S/C23H30N4O2S2/c1-5-19-21(31-18-9-7-17(8-10-18)22-24-12-14-30-22)20(6-2)27(26-19)13-11-25-23(28)29-15-16(3)4/h7-10,12,14,16H,5-6,11,13,15H2,1-4H3,(H,25,28). The van der Waals surface area contributed by atoms with Crippen molar-refractivity contribution in [1.29, 1.82) is 0 Å². The summed E-state index contributed by atoms with van der Waals surface area (Å²) in [5, 5.41) is 10.7. The minimum absolute atomic E-state index is 0.325. The molecule has 0 saturated carbocycles. The van der Waals surface area contributed by atoms with Gasteiger partial charge in [0.1, 0.15) is 5.01 Å². The van der Waals surface area contributed by atoms with Gasteiger partial charge < -0.3 is 10.1 Å². The number of amides is 1. The van der Waals surface area contributed by atoms with Gasteiger partial charge in [-0.2, -0.15) is 5.10 Å². The van der Waals surface area contributed by atoms with Gasteiger partial charge in [0.2, 0.25) is 0 Å². The SMILES string of the molecule is CCc1nn(CCNC(=O)OCC(C)C)c(CC)c1Sc1ccc(-c2nccs2)cc1. The second-order valence-corrected chi connectivity index (χ2v) is 9.51. The molecule has 166 valence electrons. The Kier molecular flexibility index (Phi) is 8.54. The van der Waals surface area contributed by atoms with Crippen molar-refractivity contribution in [2.45, 2.75) is 56.9 Å². The minimum atomic E-state index is -0.371. The first-order valence-electron chi connectivity index (χ1n) is 10.7. The van der Waals surface area contributed by atoms with Crippen LogP contribution in [0.4, 0.5) is 4.79 Å². The predicted molar refractivity (Wildman–Crippen MR) is 127 cm³/mol. The summed E-state index contributed by atoms with van der Waals surface area (Å²) in [6.07, 6.45) is 3.20. The van der Waals surface area contributed by atoms with Crippen molar-refractivity contribution < 1.29 is 9.53 Å². The van der Waals surface area contributed by atoms with Crippen molar-refractivity contribution in [3.8, 4) is 10.6 Å². The molecule has 3 rings (SSSR count). The average molecular weight is 459 g/mol. The quantitative estimate of drug-likeness (QED) is 0.424. The van der Waals surface area contributed by atoms with Crippen molar-refractivity contribution in [2.24, 2.45) is 5.92 Å². The molecule has 0 fully saturated rings. The van der Waals surface area contributed by atoms with Crippen LogP contribution in [0.25, 0.3) is 10.6 Å². The first kappa shape index (κ1) is 23.3. The van der Waals surface area contributed by atoms with E-state index in [4.69, 9.17) is 9.84 Å². The van der Waals surface area contributed by atoms with E-state index in [1.54, 1.807) is 23.1 Å². The van der Waals surface area contributed by atoms with Gasteiger partial charge in [-0.3, -0.25) is 4.68 Å².